The molecule has 2 N–H and O–H groups in total. The van der Waals surface area contributed by atoms with Crippen molar-refractivity contribution in [1.82, 2.24) is 9.80 Å². The minimum absolute atomic E-state index is 0. The SMILES string of the molecule is CN1CCN(C(=O)CCCCCOc2ccccc2-c2ccccc2C(N)=O)CC1.Cl. The van der Waals surface area contributed by atoms with E-state index in [-0.39, 0.29) is 18.3 Å². The lowest BCUT2D eigenvalue weighted by Crippen LogP contribution is -2.47. The number of nitrogens with zero attached hydrogens (tertiary/aromatic N) is 2. The molecule has 0 atom stereocenters. The highest BCUT2D eigenvalue weighted by Crippen LogP contribution is 2.32. The number of likely N-dealkylation sites (N-methyl/N-ethyl adjacent to an activating group) is 1. The number of rotatable bonds is 9. The molecule has 3 rings (SSSR count). The predicted molar refractivity (Wildman–Crippen MR) is 126 cm³/mol. The van der Waals surface area contributed by atoms with Crippen LogP contribution in [0.5, 0.6) is 5.75 Å². The van der Waals surface area contributed by atoms with Crippen LogP contribution in [0.1, 0.15) is 36.0 Å². The predicted octanol–water partition coefficient (Wildman–Crippen LogP) is 3.59. The van der Waals surface area contributed by atoms with E-state index in [1.54, 1.807) is 12.1 Å². The summed E-state index contributed by atoms with van der Waals surface area (Å²) in [5.41, 5.74) is 7.65. The van der Waals surface area contributed by atoms with E-state index >= 15 is 0 Å². The van der Waals surface area contributed by atoms with Gasteiger partial charge in [0.15, 0.2) is 0 Å². The Kier molecular flexibility index (Phi) is 9.82. The molecule has 1 saturated heterocycles. The Morgan fingerprint density at radius 2 is 1.55 bits per heavy atom. The van der Waals surface area contributed by atoms with Gasteiger partial charge in [-0.3, -0.25) is 9.59 Å². The third kappa shape index (κ3) is 6.97. The van der Waals surface area contributed by atoms with Gasteiger partial charge in [-0.15, -0.1) is 12.4 Å². The number of ether oxygens (including phenoxy) is 1. The van der Waals surface area contributed by atoms with Gasteiger partial charge in [0, 0.05) is 43.7 Å². The fourth-order valence-corrected chi connectivity index (χ4v) is 3.70. The number of piperazine rings is 1. The van der Waals surface area contributed by atoms with Gasteiger partial charge in [0.1, 0.15) is 5.75 Å². The van der Waals surface area contributed by atoms with E-state index in [1.165, 1.54) is 0 Å². The molecule has 7 heteroatoms. The number of unbranched alkanes of at least 4 members (excludes halogenated alkanes) is 2. The first-order valence-corrected chi connectivity index (χ1v) is 10.6. The number of nitrogens with two attached hydrogens (primary N) is 1. The van der Waals surface area contributed by atoms with Crippen LogP contribution < -0.4 is 10.5 Å². The summed E-state index contributed by atoms with van der Waals surface area (Å²) in [6.07, 6.45) is 3.30. The van der Waals surface area contributed by atoms with Crippen LogP contribution in [0, 0.1) is 0 Å². The van der Waals surface area contributed by atoms with Crippen molar-refractivity contribution in [3.05, 3.63) is 54.1 Å². The van der Waals surface area contributed by atoms with Gasteiger partial charge in [0.05, 0.1) is 6.61 Å². The first-order chi connectivity index (χ1) is 14.6. The molecule has 0 unspecified atom stereocenters. The largest absolute Gasteiger partial charge is 0.493 e. The summed E-state index contributed by atoms with van der Waals surface area (Å²) in [5, 5.41) is 0. The van der Waals surface area contributed by atoms with Gasteiger partial charge in [-0.1, -0.05) is 36.4 Å². The smallest absolute Gasteiger partial charge is 0.249 e. The highest BCUT2D eigenvalue weighted by Gasteiger charge is 2.18. The van der Waals surface area contributed by atoms with Crippen LogP contribution in [0.2, 0.25) is 0 Å². The van der Waals surface area contributed by atoms with Crippen LogP contribution in [0.15, 0.2) is 48.5 Å². The van der Waals surface area contributed by atoms with Gasteiger partial charge >= 0.3 is 0 Å². The quantitative estimate of drug-likeness (QED) is 0.598. The van der Waals surface area contributed by atoms with E-state index in [1.807, 2.05) is 41.3 Å². The van der Waals surface area contributed by atoms with E-state index in [0.29, 0.717) is 18.6 Å². The average Bonchev–Trinajstić information content (AvgIpc) is 2.76. The molecule has 6 nitrogen and oxygen atoms in total. The molecule has 2 amide bonds. The molecule has 2 aromatic carbocycles. The van der Waals surface area contributed by atoms with Crippen molar-refractivity contribution in [2.24, 2.45) is 5.73 Å². The second-order valence-electron chi connectivity index (χ2n) is 7.75. The molecule has 0 radical (unpaired) electrons. The van der Waals surface area contributed by atoms with Gasteiger partial charge in [-0.25, -0.2) is 0 Å². The van der Waals surface area contributed by atoms with Crippen molar-refractivity contribution in [2.45, 2.75) is 25.7 Å². The van der Waals surface area contributed by atoms with E-state index in [2.05, 4.69) is 11.9 Å². The van der Waals surface area contributed by atoms with E-state index in [0.717, 1.165) is 62.3 Å². The van der Waals surface area contributed by atoms with E-state index < -0.39 is 5.91 Å². The molecule has 1 heterocycles. The molecule has 31 heavy (non-hydrogen) atoms. The zero-order chi connectivity index (χ0) is 21.3. The number of carbonyl (C=O) groups is 2. The summed E-state index contributed by atoms with van der Waals surface area (Å²) in [7, 11) is 2.09. The lowest BCUT2D eigenvalue weighted by atomic mass is 9.98. The summed E-state index contributed by atoms with van der Waals surface area (Å²) in [5.74, 6) is 0.544. The summed E-state index contributed by atoms with van der Waals surface area (Å²) >= 11 is 0. The Morgan fingerprint density at radius 3 is 2.26 bits per heavy atom. The van der Waals surface area contributed by atoms with Crippen molar-refractivity contribution < 1.29 is 14.3 Å². The number of benzene rings is 2. The summed E-state index contributed by atoms with van der Waals surface area (Å²) in [4.78, 5) is 28.3. The van der Waals surface area contributed by atoms with Gasteiger partial charge < -0.3 is 20.3 Å². The number of hydrogen-bond donors (Lipinski definition) is 1. The van der Waals surface area contributed by atoms with Gasteiger partial charge in [0.2, 0.25) is 11.8 Å². The summed E-state index contributed by atoms with van der Waals surface area (Å²) in [6, 6.07) is 15.0. The average molecular weight is 446 g/mol. The van der Waals surface area contributed by atoms with Crippen LogP contribution in [0.25, 0.3) is 11.1 Å². The number of para-hydroxylation sites is 1. The van der Waals surface area contributed by atoms with E-state index in [4.69, 9.17) is 10.5 Å². The molecule has 1 aliphatic rings. The minimum atomic E-state index is -0.453. The second-order valence-corrected chi connectivity index (χ2v) is 7.75. The molecule has 1 fully saturated rings. The molecule has 0 spiro atoms. The van der Waals surface area contributed by atoms with Crippen molar-refractivity contribution >= 4 is 24.2 Å². The van der Waals surface area contributed by atoms with E-state index in [9.17, 15) is 9.59 Å². The van der Waals surface area contributed by atoms with Gasteiger partial charge in [-0.05, 0) is 44.0 Å². The molecule has 168 valence electrons. The number of primary amides is 1. The molecule has 2 aromatic rings. The third-order valence-electron chi connectivity index (χ3n) is 5.52. The van der Waals surface area contributed by atoms with Crippen LogP contribution in [-0.4, -0.2) is 61.4 Å². The Labute approximate surface area is 190 Å². The number of carbonyl (C=O) groups excluding carboxylic acids is 2. The molecule has 0 aromatic heterocycles. The number of halogens is 1. The monoisotopic (exact) mass is 445 g/mol. The highest BCUT2D eigenvalue weighted by atomic mass is 35.5. The number of amides is 2. The molecule has 0 saturated carbocycles. The van der Waals surface area contributed by atoms with Crippen molar-refractivity contribution in [3.63, 3.8) is 0 Å². The van der Waals surface area contributed by atoms with Gasteiger partial charge in [-0.2, -0.15) is 0 Å². The maximum Gasteiger partial charge on any atom is 0.249 e. The minimum Gasteiger partial charge on any atom is -0.493 e. The van der Waals surface area contributed by atoms with Crippen LogP contribution >= 0.6 is 12.4 Å². The van der Waals surface area contributed by atoms with Crippen LogP contribution in [-0.2, 0) is 4.79 Å². The molecule has 0 aliphatic carbocycles. The van der Waals surface area contributed by atoms with Crippen LogP contribution in [0.4, 0.5) is 0 Å². The highest BCUT2D eigenvalue weighted by molar-refractivity contribution is 6.00. The molecule has 1 aliphatic heterocycles. The standard InChI is InChI=1S/C24H31N3O3.ClH/c1-26-14-16-27(17-15-26)23(28)13-3-2-8-18-30-22-12-7-6-10-20(22)19-9-4-5-11-21(19)24(25)29;/h4-7,9-12H,2-3,8,13-18H2,1H3,(H2,25,29);1H. The first-order valence-electron chi connectivity index (χ1n) is 10.6. The molecule has 0 bridgehead atoms. The van der Waals surface area contributed by atoms with Crippen LogP contribution in [0.3, 0.4) is 0 Å². The van der Waals surface area contributed by atoms with Gasteiger partial charge in [0.25, 0.3) is 0 Å². The topological polar surface area (TPSA) is 75.9 Å². The number of hydrogen-bond acceptors (Lipinski definition) is 4. The second kappa shape index (κ2) is 12.3. The maximum atomic E-state index is 12.3. The molecular weight excluding hydrogens is 414 g/mol. The van der Waals surface area contributed by atoms with Crippen molar-refractivity contribution in [1.29, 1.82) is 0 Å². The summed E-state index contributed by atoms with van der Waals surface area (Å²) in [6.45, 7) is 4.15. The zero-order valence-electron chi connectivity index (χ0n) is 18.1. The van der Waals surface area contributed by atoms with Crippen molar-refractivity contribution in [2.75, 3.05) is 39.8 Å². The molecular formula is C24H32ClN3O3. The lowest BCUT2D eigenvalue weighted by Gasteiger charge is -2.32. The Bertz CT molecular complexity index is 867. The first kappa shape index (κ1) is 24.7. The fourth-order valence-electron chi connectivity index (χ4n) is 3.70. The summed E-state index contributed by atoms with van der Waals surface area (Å²) < 4.78 is 6.01. The Morgan fingerprint density at radius 1 is 0.903 bits per heavy atom. The fraction of sp³-hybridized carbons (Fsp3) is 0.417. The normalized spacial score (nSPS) is 14.0. The third-order valence-corrected chi connectivity index (χ3v) is 5.52. The Hall–Kier alpha value is -2.57. The lowest BCUT2D eigenvalue weighted by molar-refractivity contribution is -0.132. The zero-order valence-corrected chi connectivity index (χ0v) is 18.9. The maximum absolute atomic E-state index is 12.3. The Balaban J connectivity index is 0.00000341. The van der Waals surface area contributed by atoms with Crippen molar-refractivity contribution in [3.8, 4) is 16.9 Å².